The molecule has 3 nitrogen and oxygen atoms in total. The minimum absolute atomic E-state index is 0. The van der Waals surface area contributed by atoms with E-state index >= 15 is 0 Å². The second-order valence-electron chi connectivity index (χ2n) is 1.69. The van der Waals surface area contributed by atoms with Crippen LogP contribution in [0.4, 0.5) is 0 Å². The molecule has 2 bridgehead atoms. The van der Waals surface area contributed by atoms with Crippen molar-refractivity contribution in [3.8, 4) is 11.5 Å². The van der Waals surface area contributed by atoms with E-state index in [0.717, 1.165) is 11.5 Å². The molecule has 0 aliphatic carbocycles. The molecule has 2 N–H and O–H groups in total. The van der Waals surface area contributed by atoms with Crippen LogP contribution < -0.4 is 4.74 Å². The highest BCUT2D eigenvalue weighted by Gasteiger charge is 2.05. The summed E-state index contributed by atoms with van der Waals surface area (Å²) in [4.78, 5) is 0. The van der Waals surface area contributed by atoms with Crippen molar-refractivity contribution in [2.75, 3.05) is 0 Å². The van der Waals surface area contributed by atoms with E-state index in [0.29, 0.717) is 0 Å². The zero-order valence-electron chi connectivity index (χ0n) is 5.19. The summed E-state index contributed by atoms with van der Waals surface area (Å²) in [5.74, 6) is 1.97. The van der Waals surface area contributed by atoms with Crippen LogP contribution in [0.3, 0.4) is 0 Å². The molecule has 2 aliphatic rings. The lowest BCUT2D eigenvalue weighted by molar-refractivity contribution is 0.438. The summed E-state index contributed by atoms with van der Waals surface area (Å²) in [6, 6.07) is 7.86. The first-order valence-corrected chi connectivity index (χ1v) is 2.75. The van der Waals surface area contributed by atoms with Crippen LogP contribution in [0.1, 0.15) is 0 Å². The smallest absolute Gasteiger partial charge is 0.457 e. The molecule has 0 spiro atoms. The molecular formula is C6H6BO3. The van der Waals surface area contributed by atoms with E-state index in [9.17, 15) is 0 Å². The van der Waals surface area contributed by atoms with Crippen molar-refractivity contribution >= 4 is 7.69 Å². The SMILES string of the molecule is O[B]O.c1cc2cc(c1)O2. The standard InChI is InChI=1S/C6H4O.BH2O2/c1-2-5-4-6(3-1)7-5;2-1-3/h1-4H;2-3H. The van der Waals surface area contributed by atoms with Gasteiger partial charge in [-0.1, -0.05) is 6.07 Å². The Morgan fingerprint density at radius 1 is 1.20 bits per heavy atom. The summed E-state index contributed by atoms with van der Waals surface area (Å²) in [6.45, 7) is 0. The molecule has 0 atom stereocenters. The third kappa shape index (κ3) is 1.49. The summed E-state index contributed by atoms with van der Waals surface area (Å²) in [5.41, 5.74) is 0. The molecule has 0 saturated heterocycles. The van der Waals surface area contributed by atoms with Crippen molar-refractivity contribution in [2.45, 2.75) is 0 Å². The van der Waals surface area contributed by atoms with Gasteiger partial charge in [0.2, 0.25) is 0 Å². The zero-order valence-corrected chi connectivity index (χ0v) is 5.19. The summed E-state index contributed by atoms with van der Waals surface area (Å²) >= 11 is 0. The zero-order chi connectivity index (χ0) is 7.40. The molecule has 2 aliphatic heterocycles. The maximum atomic E-state index is 7.00. The van der Waals surface area contributed by atoms with Crippen molar-refractivity contribution in [2.24, 2.45) is 0 Å². The van der Waals surface area contributed by atoms with Crippen LogP contribution in [0.25, 0.3) is 0 Å². The Labute approximate surface area is 59.2 Å². The van der Waals surface area contributed by atoms with Crippen LogP contribution in [0.5, 0.6) is 11.5 Å². The highest BCUT2D eigenvalue weighted by Crippen LogP contribution is 2.32. The van der Waals surface area contributed by atoms with Crippen molar-refractivity contribution in [3.05, 3.63) is 24.3 Å². The Bertz CT molecular complexity index is 189. The average molecular weight is 137 g/mol. The molecule has 51 valence electrons. The van der Waals surface area contributed by atoms with Gasteiger partial charge in [0.25, 0.3) is 0 Å². The van der Waals surface area contributed by atoms with E-state index < -0.39 is 0 Å². The average Bonchev–Trinajstić information content (AvgIpc) is 1.90. The predicted molar refractivity (Wildman–Crippen MR) is 36.7 cm³/mol. The normalized spacial score (nSPS) is 9.80. The summed E-state index contributed by atoms with van der Waals surface area (Å²) in [6.07, 6.45) is 0. The van der Waals surface area contributed by atoms with Gasteiger partial charge < -0.3 is 14.8 Å². The molecule has 2 heterocycles. The fourth-order valence-corrected chi connectivity index (χ4v) is 0.679. The monoisotopic (exact) mass is 137 g/mol. The number of hydrogen-bond donors (Lipinski definition) is 2. The van der Waals surface area contributed by atoms with E-state index in [1.165, 1.54) is 0 Å². The molecule has 0 unspecified atom stereocenters. The van der Waals surface area contributed by atoms with Gasteiger partial charge in [-0.3, -0.25) is 0 Å². The predicted octanol–water partition coefficient (Wildman–Crippen LogP) is 0.297. The van der Waals surface area contributed by atoms with Crippen LogP contribution in [-0.2, 0) is 0 Å². The molecule has 0 aromatic heterocycles. The Kier molecular flexibility index (Phi) is 2.31. The van der Waals surface area contributed by atoms with E-state index in [2.05, 4.69) is 0 Å². The van der Waals surface area contributed by atoms with Gasteiger partial charge >= 0.3 is 7.69 Å². The van der Waals surface area contributed by atoms with Gasteiger partial charge in [0.1, 0.15) is 11.5 Å². The highest BCUT2D eigenvalue weighted by molar-refractivity contribution is 6.13. The minimum Gasteiger partial charge on any atom is -0.457 e. The van der Waals surface area contributed by atoms with E-state index in [-0.39, 0.29) is 7.69 Å². The molecule has 4 heteroatoms. The third-order valence-electron chi connectivity index (χ3n) is 1.04. The van der Waals surface area contributed by atoms with Gasteiger partial charge in [-0.25, -0.2) is 0 Å². The molecule has 0 saturated carbocycles. The minimum atomic E-state index is 0. The van der Waals surface area contributed by atoms with Crippen LogP contribution >= 0.6 is 0 Å². The van der Waals surface area contributed by atoms with Crippen molar-refractivity contribution in [1.29, 1.82) is 0 Å². The largest absolute Gasteiger partial charge is 0.482 e. The van der Waals surface area contributed by atoms with Gasteiger partial charge in [0.15, 0.2) is 0 Å². The Morgan fingerprint density at radius 3 is 1.70 bits per heavy atom. The molecule has 1 aromatic rings. The second-order valence-corrected chi connectivity index (χ2v) is 1.69. The van der Waals surface area contributed by atoms with Gasteiger partial charge in [-0.05, 0) is 12.1 Å². The number of fused-ring (bicyclic) bond motifs is 2. The van der Waals surface area contributed by atoms with Gasteiger partial charge in [-0.2, -0.15) is 0 Å². The molecule has 1 aromatic carbocycles. The number of ether oxygens (including phenoxy) is 1. The molecule has 1 radical (unpaired) electrons. The molecular weight excluding hydrogens is 131 g/mol. The first kappa shape index (κ1) is 7.12. The van der Waals surface area contributed by atoms with E-state index in [4.69, 9.17) is 14.8 Å². The van der Waals surface area contributed by atoms with E-state index in [1.54, 1.807) is 0 Å². The lowest BCUT2D eigenvalue weighted by atomic mass is 10.2. The lowest BCUT2D eigenvalue weighted by Crippen LogP contribution is -1.91. The summed E-state index contributed by atoms with van der Waals surface area (Å²) in [7, 11) is 0. The fraction of sp³-hybridized carbons (Fsp3) is 0. The van der Waals surface area contributed by atoms with Crippen molar-refractivity contribution in [1.82, 2.24) is 0 Å². The molecule has 10 heavy (non-hydrogen) atoms. The molecule has 3 rings (SSSR count). The van der Waals surface area contributed by atoms with Crippen LogP contribution in [0.15, 0.2) is 24.3 Å². The summed E-state index contributed by atoms with van der Waals surface area (Å²) in [5, 5.41) is 14.0. The van der Waals surface area contributed by atoms with Crippen LogP contribution in [0, 0.1) is 0 Å². The Hall–Kier alpha value is -0.995. The molecule has 0 fully saturated rings. The first-order chi connectivity index (χ1) is 4.86. The van der Waals surface area contributed by atoms with Gasteiger partial charge in [0, 0.05) is 6.07 Å². The first-order valence-electron chi connectivity index (χ1n) is 2.75. The third-order valence-corrected chi connectivity index (χ3v) is 1.04. The lowest BCUT2D eigenvalue weighted by Gasteiger charge is -2.13. The van der Waals surface area contributed by atoms with Crippen molar-refractivity contribution < 1.29 is 14.8 Å². The Balaban J connectivity index is 0.000000148. The van der Waals surface area contributed by atoms with Crippen LogP contribution in [-0.4, -0.2) is 17.7 Å². The Morgan fingerprint density at radius 2 is 1.60 bits per heavy atom. The number of hydrogen-bond acceptors (Lipinski definition) is 3. The van der Waals surface area contributed by atoms with Crippen LogP contribution in [0.2, 0.25) is 0 Å². The maximum absolute atomic E-state index is 7.00. The topological polar surface area (TPSA) is 49.7 Å². The number of benzene rings is 1. The number of rotatable bonds is 0. The van der Waals surface area contributed by atoms with Gasteiger partial charge in [0.05, 0.1) is 0 Å². The van der Waals surface area contributed by atoms with Gasteiger partial charge in [-0.15, -0.1) is 0 Å². The summed E-state index contributed by atoms with van der Waals surface area (Å²) < 4.78 is 5.01. The second kappa shape index (κ2) is 3.24. The fourth-order valence-electron chi connectivity index (χ4n) is 0.679. The quantitative estimate of drug-likeness (QED) is 0.513. The van der Waals surface area contributed by atoms with E-state index in [1.807, 2.05) is 24.3 Å². The van der Waals surface area contributed by atoms with Crippen molar-refractivity contribution in [3.63, 3.8) is 0 Å². The molecule has 0 amide bonds. The highest BCUT2D eigenvalue weighted by atomic mass is 16.5. The maximum Gasteiger partial charge on any atom is 0.482 e.